The minimum Gasteiger partial charge on any atom is -0.492 e. The van der Waals surface area contributed by atoms with E-state index in [1.807, 2.05) is 31.2 Å². The molecule has 6 nitrogen and oxygen atoms in total. The lowest BCUT2D eigenvalue weighted by Gasteiger charge is -2.31. The van der Waals surface area contributed by atoms with Crippen LogP contribution in [-0.4, -0.2) is 43.6 Å². The average Bonchev–Trinajstić information content (AvgIpc) is 2.99. The summed E-state index contributed by atoms with van der Waals surface area (Å²) in [5, 5.41) is 6.52. The summed E-state index contributed by atoms with van der Waals surface area (Å²) in [5.41, 5.74) is 0.748. The van der Waals surface area contributed by atoms with Crippen molar-refractivity contribution in [1.29, 1.82) is 0 Å². The van der Waals surface area contributed by atoms with Crippen molar-refractivity contribution in [3.8, 4) is 5.75 Å². The van der Waals surface area contributed by atoms with Crippen LogP contribution in [0.5, 0.6) is 5.75 Å². The SMILES string of the molecule is CCOc1ccccc1N1CC(C(=O)NC2CCCNC2C)CC1=O. The number of anilines is 1. The fourth-order valence-corrected chi connectivity index (χ4v) is 3.62. The van der Waals surface area contributed by atoms with Crippen LogP contribution < -0.4 is 20.3 Å². The van der Waals surface area contributed by atoms with Gasteiger partial charge in [-0.15, -0.1) is 0 Å². The van der Waals surface area contributed by atoms with Gasteiger partial charge in [0, 0.05) is 25.0 Å². The average molecular weight is 345 g/mol. The van der Waals surface area contributed by atoms with E-state index in [4.69, 9.17) is 4.74 Å². The van der Waals surface area contributed by atoms with Gasteiger partial charge in [-0.2, -0.15) is 0 Å². The molecule has 2 aliphatic rings. The zero-order chi connectivity index (χ0) is 17.8. The second kappa shape index (κ2) is 7.87. The summed E-state index contributed by atoms with van der Waals surface area (Å²) in [7, 11) is 0. The number of piperidine rings is 1. The maximum absolute atomic E-state index is 12.6. The van der Waals surface area contributed by atoms with Crippen molar-refractivity contribution in [2.75, 3.05) is 24.6 Å². The molecule has 2 fully saturated rings. The lowest BCUT2D eigenvalue weighted by molar-refractivity contribution is -0.127. The predicted molar refractivity (Wildman–Crippen MR) is 96.7 cm³/mol. The molecule has 2 N–H and O–H groups in total. The summed E-state index contributed by atoms with van der Waals surface area (Å²) < 4.78 is 5.63. The summed E-state index contributed by atoms with van der Waals surface area (Å²) in [4.78, 5) is 26.8. The summed E-state index contributed by atoms with van der Waals surface area (Å²) in [5.74, 6) is 0.327. The Morgan fingerprint density at radius 1 is 1.40 bits per heavy atom. The van der Waals surface area contributed by atoms with Crippen LogP contribution in [0.1, 0.15) is 33.1 Å². The molecule has 0 spiro atoms. The van der Waals surface area contributed by atoms with Crippen molar-refractivity contribution in [1.82, 2.24) is 10.6 Å². The maximum atomic E-state index is 12.6. The minimum absolute atomic E-state index is 0.0229. The first-order chi connectivity index (χ1) is 12.1. The molecule has 6 heteroatoms. The van der Waals surface area contributed by atoms with Crippen molar-refractivity contribution < 1.29 is 14.3 Å². The van der Waals surface area contributed by atoms with Gasteiger partial charge < -0.3 is 20.3 Å². The molecule has 2 amide bonds. The summed E-state index contributed by atoms with van der Waals surface area (Å²) in [6, 6.07) is 7.90. The molecule has 3 atom stereocenters. The standard InChI is InChI=1S/C19H27N3O3/c1-3-25-17-9-5-4-8-16(17)22-12-14(11-18(22)23)19(24)21-15-7-6-10-20-13(15)2/h4-5,8-9,13-15,20H,3,6-7,10-12H2,1-2H3,(H,21,24). The van der Waals surface area contributed by atoms with E-state index in [1.165, 1.54) is 0 Å². The van der Waals surface area contributed by atoms with Gasteiger partial charge in [0.1, 0.15) is 5.75 Å². The van der Waals surface area contributed by atoms with Crippen molar-refractivity contribution in [2.24, 2.45) is 5.92 Å². The molecular formula is C19H27N3O3. The second-order valence-electron chi connectivity index (χ2n) is 6.81. The van der Waals surface area contributed by atoms with Crippen molar-refractivity contribution in [3.63, 3.8) is 0 Å². The Bertz CT molecular complexity index is 634. The van der Waals surface area contributed by atoms with E-state index in [2.05, 4.69) is 17.6 Å². The number of hydrogen-bond acceptors (Lipinski definition) is 4. The number of nitrogens with zero attached hydrogens (tertiary/aromatic N) is 1. The number of ether oxygens (including phenoxy) is 1. The van der Waals surface area contributed by atoms with Gasteiger partial charge in [-0.1, -0.05) is 12.1 Å². The number of hydrogen-bond donors (Lipinski definition) is 2. The third-order valence-corrected chi connectivity index (χ3v) is 5.04. The lowest BCUT2D eigenvalue weighted by atomic mass is 9.98. The largest absolute Gasteiger partial charge is 0.492 e. The van der Waals surface area contributed by atoms with E-state index in [1.54, 1.807) is 4.90 Å². The fourth-order valence-electron chi connectivity index (χ4n) is 3.62. The Balaban J connectivity index is 1.67. The summed E-state index contributed by atoms with van der Waals surface area (Å²) >= 11 is 0. The van der Waals surface area contributed by atoms with E-state index in [0.717, 1.165) is 25.1 Å². The highest BCUT2D eigenvalue weighted by molar-refractivity contribution is 6.01. The van der Waals surface area contributed by atoms with E-state index < -0.39 is 0 Å². The highest BCUT2D eigenvalue weighted by Gasteiger charge is 2.37. The second-order valence-corrected chi connectivity index (χ2v) is 6.81. The first kappa shape index (κ1) is 17.7. The Hall–Kier alpha value is -2.08. The number of nitrogens with one attached hydrogen (secondary N) is 2. The number of amides is 2. The van der Waals surface area contributed by atoms with Crippen LogP contribution in [0, 0.1) is 5.92 Å². The van der Waals surface area contributed by atoms with Gasteiger partial charge in [0.25, 0.3) is 0 Å². The lowest BCUT2D eigenvalue weighted by Crippen LogP contribution is -2.53. The molecule has 3 rings (SSSR count). The Morgan fingerprint density at radius 3 is 2.96 bits per heavy atom. The quantitative estimate of drug-likeness (QED) is 0.852. The third-order valence-electron chi connectivity index (χ3n) is 5.04. The van der Waals surface area contributed by atoms with Crippen LogP contribution in [0.25, 0.3) is 0 Å². The van der Waals surface area contributed by atoms with Crippen molar-refractivity contribution >= 4 is 17.5 Å². The van der Waals surface area contributed by atoms with Gasteiger partial charge in [0.2, 0.25) is 11.8 Å². The van der Waals surface area contributed by atoms with Gasteiger partial charge in [-0.05, 0) is 45.4 Å². The van der Waals surface area contributed by atoms with E-state index in [0.29, 0.717) is 18.9 Å². The highest BCUT2D eigenvalue weighted by atomic mass is 16.5. The molecule has 1 aromatic carbocycles. The molecule has 2 heterocycles. The van der Waals surface area contributed by atoms with Gasteiger partial charge in [0.05, 0.1) is 18.2 Å². The zero-order valence-electron chi connectivity index (χ0n) is 15.0. The summed E-state index contributed by atoms with van der Waals surface area (Å²) in [6.45, 7) is 5.95. The van der Waals surface area contributed by atoms with Gasteiger partial charge in [-0.3, -0.25) is 9.59 Å². The van der Waals surface area contributed by atoms with Crippen molar-refractivity contribution in [3.05, 3.63) is 24.3 Å². The van der Waals surface area contributed by atoms with Crippen LogP contribution in [0.3, 0.4) is 0 Å². The number of benzene rings is 1. The zero-order valence-corrected chi connectivity index (χ0v) is 15.0. The minimum atomic E-state index is -0.309. The summed E-state index contributed by atoms with van der Waals surface area (Å²) in [6.07, 6.45) is 2.30. The molecule has 1 aromatic rings. The van der Waals surface area contributed by atoms with Gasteiger partial charge in [-0.25, -0.2) is 0 Å². The van der Waals surface area contributed by atoms with Crippen LogP contribution in [-0.2, 0) is 9.59 Å². The van der Waals surface area contributed by atoms with Crippen LogP contribution in [0.15, 0.2) is 24.3 Å². The molecule has 2 aliphatic heterocycles. The molecular weight excluding hydrogens is 318 g/mol. The van der Waals surface area contributed by atoms with Crippen LogP contribution in [0.4, 0.5) is 5.69 Å². The molecule has 3 unspecified atom stereocenters. The van der Waals surface area contributed by atoms with Crippen LogP contribution in [0.2, 0.25) is 0 Å². The molecule has 25 heavy (non-hydrogen) atoms. The fraction of sp³-hybridized carbons (Fsp3) is 0.579. The molecule has 0 bridgehead atoms. The molecule has 2 saturated heterocycles. The Kier molecular flexibility index (Phi) is 5.58. The van der Waals surface area contributed by atoms with E-state index in [9.17, 15) is 9.59 Å². The first-order valence-electron chi connectivity index (χ1n) is 9.16. The Morgan fingerprint density at radius 2 is 2.20 bits per heavy atom. The topological polar surface area (TPSA) is 70.7 Å². The first-order valence-corrected chi connectivity index (χ1v) is 9.16. The highest BCUT2D eigenvalue weighted by Crippen LogP contribution is 2.33. The van der Waals surface area contributed by atoms with Gasteiger partial charge in [0.15, 0.2) is 0 Å². The smallest absolute Gasteiger partial charge is 0.227 e. The number of carbonyl (C=O) groups excluding carboxylic acids is 2. The van der Waals surface area contributed by atoms with Crippen molar-refractivity contribution in [2.45, 2.75) is 45.2 Å². The predicted octanol–water partition coefficient (Wildman–Crippen LogP) is 1.69. The van der Waals surface area contributed by atoms with Gasteiger partial charge >= 0.3 is 0 Å². The molecule has 0 aliphatic carbocycles. The number of para-hydroxylation sites is 2. The third kappa shape index (κ3) is 3.95. The molecule has 0 saturated carbocycles. The van der Waals surface area contributed by atoms with E-state index in [-0.39, 0.29) is 36.2 Å². The molecule has 0 radical (unpaired) electrons. The normalized spacial score (nSPS) is 26.6. The monoisotopic (exact) mass is 345 g/mol. The number of rotatable bonds is 5. The van der Waals surface area contributed by atoms with Crippen LogP contribution >= 0.6 is 0 Å². The number of carbonyl (C=O) groups is 2. The van der Waals surface area contributed by atoms with E-state index >= 15 is 0 Å². The maximum Gasteiger partial charge on any atom is 0.227 e. The molecule has 136 valence electrons. The molecule has 0 aromatic heterocycles. The Labute approximate surface area is 148 Å².